The van der Waals surface area contributed by atoms with Crippen molar-refractivity contribution in [1.82, 2.24) is 0 Å². The van der Waals surface area contributed by atoms with E-state index in [1.165, 1.54) is 11.1 Å². The summed E-state index contributed by atoms with van der Waals surface area (Å²) in [5.74, 6) is 1.98. The predicted octanol–water partition coefficient (Wildman–Crippen LogP) is 5.16. The number of aliphatic hydroxyl groups excluding tert-OH is 1. The molecular formula is C26H31NO3. The lowest BCUT2D eigenvalue weighted by Crippen LogP contribution is -2.44. The molecule has 0 saturated heterocycles. The highest BCUT2D eigenvalue weighted by molar-refractivity contribution is 5.83. The molecule has 3 aliphatic carbocycles. The van der Waals surface area contributed by atoms with Crippen molar-refractivity contribution in [3.8, 4) is 5.75 Å². The average Bonchev–Trinajstić information content (AvgIpc) is 3.06. The molecule has 0 aromatic heterocycles. The van der Waals surface area contributed by atoms with Crippen molar-refractivity contribution in [2.24, 2.45) is 22.4 Å². The summed E-state index contributed by atoms with van der Waals surface area (Å²) in [6, 6.07) is 13.8. The minimum atomic E-state index is -0.155. The number of hydrogen-bond donors (Lipinski definition) is 2. The Balaban J connectivity index is 1.40. The number of aromatic hydroxyl groups is 1. The second-order valence-corrected chi connectivity index (χ2v) is 9.65. The van der Waals surface area contributed by atoms with Crippen LogP contribution in [0, 0.1) is 17.3 Å². The van der Waals surface area contributed by atoms with Gasteiger partial charge in [-0.2, -0.15) is 0 Å². The minimum absolute atomic E-state index is 0.0721. The summed E-state index contributed by atoms with van der Waals surface area (Å²) in [4.78, 5) is 5.54. The van der Waals surface area contributed by atoms with Gasteiger partial charge in [0.15, 0.2) is 0 Å². The van der Waals surface area contributed by atoms with E-state index in [0.29, 0.717) is 30.1 Å². The zero-order valence-electron chi connectivity index (χ0n) is 17.6. The Kier molecular flexibility index (Phi) is 5.06. The van der Waals surface area contributed by atoms with Gasteiger partial charge in [-0.05, 0) is 90.5 Å². The number of phenols is 1. The van der Waals surface area contributed by atoms with E-state index < -0.39 is 0 Å². The lowest BCUT2D eigenvalue weighted by atomic mass is 9.55. The van der Waals surface area contributed by atoms with Crippen LogP contribution in [-0.4, -0.2) is 22.5 Å². The number of aryl methyl sites for hydroxylation is 1. The molecule has 4 nitrogen and oxygen atoms in total. The molecule has 0 unspecified atom stereocenters. The Morgan fingerprint density at radius 2 is 1.97 bits per heavy atom. The molecule has 0 aliphatic heterocycles. The maximum atomic E-state index is 10.6. The topological polar surface area (TPSA) is 62.0 Å². The van der Waals surface area contributed by atoms with E-state index in [1.54, 1.807) is 6.21 Å². The number of nitrogens with zero attached hydrogens (tertiary/aromatic N) is 1. The highest BCUT2D eigenvalue weighted by atomic mass is 16.6. The fraction of sp³-hybridized carbons (Fsp3) is 0.500. The maximum absolute atomic E-state index is 10.6. The predicted molar refractivity (Wildman–Crippen MR) is 118 cm³/mol. The summed E-state index contributed by atoms with van der Waals surface area (Å²) >= 11 is 0. The Labute approximate surface area is 178 Å². The number of hydrogen-bond acceptors (Lipinski definition) is 4. The van der Waals surface area contributed by atoms with Crippen molar-refractivity contribution in [3.63, 3.8) is 0 Å². The summed E-state index contributed by atoms with van der Waals surface area (Å²) in [6.07, 6.45) is 8.00. The van der Waals surface area contributed by atoms with E-state index in [4.69, 9.17) is 4.84 Å². The third kappa shape index (κ3) is 3.31. The SMILES string of the molecule is C[C@]12CC[C@@H]3c4c(/C=N/OCc5ccccc5)cc(O)cc4CC[C@H]3[C@@H]1CC[C@@H]2O. The summed E-state index contributed by atoms with van der Waals surface area (Å²) in [7, 11) is 0. The molecule has 0 spiro atoms. The van der Waals surface area contributed by atoms with Crippen LogP contribution in [0.2, 0.25) is 0 Å². The first-order valence-electron chi connectivity index (χ1n) is 11.3. The molecule has 158 valence electrons. The molecule has 30 heavy (non-hydrogen) atoms. The molecule has 2 aromatic rings. The van der Waals surface area contributed by atoms with Gasteiger partial charge in [-0.15, -0.1) is 0 Å². The molecule has 2 N–H and O–H groups in total. The van der Waals surface area contributed by atoms with Gasteiger partial charge in [0.05, 0.1) is 12.3 Å². The van der Waals surface area contributed by atoms with E-state index in [0.717, 1.165) is 49.7 Å². The van der Waals surface area contributed by atoms with Crippen molar-refractivity contribution >= 4 is 6.21 Å². The molecule has 2 aromatic carbocycles. The summed E-state index contributed by atoms with van der Waals surface area (Å²) < 4.78 is 0. The van der Waals surface area contributed by atoms with Crippen LogP contribution < -0.4 is 0 Å². The van der Waals surface area contributed by atoms with Gasteiger partial charge in [0.2, 0.25) is 0 Å². The largest absolute Gasteiger partial charge is 0.508 e. The molecule has 3 aliphatic rings. The van der Waals surface area contributed by atoms with Gasteiger partial charge in [0, 0.05) is 5.56 Å². The number of benzene rings is 2. The summed E-state index contributed by atoms with van der Waals surface area (Å²) in [5, 5.41) is 25.2. The number of fused-ring (bicyclic) bond motifs is 5. The van der Waals surface area contributed by atoms with Gasteiger partial charge in [0.25, 0.3) is 0 Å². The number of rotatable bonds is 4. The van der Waals surface area contributed by atoms with Gasteiger partial charge in [-0.1, -0.05) is 42.4 Å². The molecule has 2 fully saturated rings. The van der Waals surface area contributed by atoms with Gasteiger partial charge >= 0.3 is 0 Å². The van der Waals surface area contributed by atoms with E-state index in [9.17, 15) is 10.2 Å². The first-order valence-corrected chi connectivity index (χ1v) is 11.3. The Morgan fingerprint density at radius 3 is 2.80 bits per heavy atom. The van der Waals surface area contributed by atoms with Crippen LogP contribution in [0.4, 0.5) is 0 Å². The molecule has 0 amide bonds. The molecule has 5 rings (SSSR count). The highest BCUT2D eigenvalue weighted by Gasteiger charge is 2.54. The standard InChI is InChI=1S/C26H31NO3/c1-26-12-11-22-21(23(26)9-10-24(26)29)8-7-18-13-20(28)14-19(25(18)22)15-27-30-16-17-5-3-2-4-6-17/h2-6,13-15,21-24,28-29H,7-12,16H2,1H3/b27-15+/t21-,22+,23+,24+,26+/m1/s1. The molecular weight excluding hydrogens is 374 g/mol. The van der Waals surface area contributed by atoms with Crippen molar-refractivity contribution in [2.45, 2.75) is 64.1 Å². The first-order chi connectivity index (χ1) is 14.6. The van der Waals surface area contributed by atoms with Crippen molar-refractivity contribution in [3.05, 3.63) is 64.7 Å². The zero-order chi connectivity index (χ0) is 20.7. The van der Waals surface area contributed by atoms with E-state index >= 15 is 0 Å². The van der Waals surface area contributed by atoms with E-state index in [1.807, 2.05) is 42.5 Å². The van der Waals surface area contributed by atoms with Crippen LogP contribution >= 0.6 is 0 Å². The van der Waals surface area contributed by atoms with Crippen LogP contribution in [0.25, 0.3) is 0 Å². The fourth-order valence-corrected chi connectivity index (χ4v) is 6.61. The normalized spacial score (nSPS) is 32.5. The van der Waals surface area contributed by atoms with Crippen LogP contribution in [0.1, 0.15) is 67.2 Å². The quantitative estimate of drug-likeness (QED) is 0.546. The highest BCUT2D eigenvalue weighted by Crippen LogP contribution is 2.61. The smallest absolute Gasteiger partial charge is 0.142 e. The molecule has 4 heteroatoms. The Morgan fingerprint density at radius 1 is 1.13 bits per heavy atom. The second kappa shape index (κ2) is 7.73. The monoisotopic (exact) mass is 405 g/mol. The van der Waals surface area contributed by atoms with Crippen LogP contribution in [0.15, 0.2) is 47.6 Å². The van der Waals surface area contributed by atoms with Crippen LogP contribution in [0.3, 0.4) is 0 Å². The fourth-order valence-electron chi connectivity index (χ4n) is 6.61. The Bertz CT molecular complexity index is 941. The average molecular weight is 406 g/mol. The third-order valence-corrected chi connectivity index (χ3v) is 8.13. The molecule has 0 bridgehead atoms. The lowest BCUT2D eigenvalue weighted by molar-refractivity contribution is -0.0226. The van der Waals surface area contributed by atoms with E-state index in [2.05, 4.69) is 12.1 Å². The second-order valence-electron chi connectivity index (χ2n) is 9.65. The zero-order valence-corrected chi connectivity index (χ0v) is 17.6. The number of oxime groups is 1. The van der Waals surface area contributed by atoms with Gasteiger partial charge < -0.3 is 15.1 Å². The first kappa shape index (κ1) is 19.6. The summed E-state index contributed by atoms with van der Waals surface area (Å²) in [6.45, 7) is 2.74. The van der Waals surface area contributed by atoms with Gasteiger partial charge in [-0.3, -0.25) is 0 Å². The molecule has 0 radical (unpaired) electrons. The van der Waals surface area contributed by atoms with E-state index in [-0.39, 0.29) is 11.5 Å². The maximum Gasteiger partial charge on any atom is 0.142 e. The van der Waals surface area contributed by atoms with Gasteiger partial charge in [-0.25, -0.2) is 0 Å². The molecule has 5 atom stereocenters. The van der Waals surface area contributed by atoms with Crippen molar-refractivity contribution in [2.75, 3.05) is 0 Å². The third-order valence-electron chi connectivity index (χ3n) is 8.13. The van der Waals surface area contributed by atoms with Crippen LogP contribution in [-0.2, 0) is 17.9 Å². The number of aliphatic hydroxyl groups is 1. The minimum Gasteiger partial charge on any atom is -0.508 e. The van der Waals surface area contributed by atoms with Crippen LogP contribution in [0.5, 0.6) is 5.75 Å². The van der Waals surface area contributed by atoms with Crippen molar-refractivity contribution < 1.29 is 15.1 Å². The molecule has 0 heterocycles. The number of phenolic OH excluding ortho intramolecular Hbond substituents is 1. The lowest BCUT2D eigenvalue weighted by Gasteiger charge is -2.50. The summed E-state index contributed by atoms with van der Waals surface area (Å²) in [5.41, 5.74) is 4.74. The van der Waals surface area contributed by atoms with Gasteiger partial charge in [0.1, 0.15) is 12.4 Å². The molecule has 2 saturated carbocycles. The van der Waals surface area contributed by atoms with Crippen molar-refractivity contribution in [1.29, 1.82) is 0 Å². The Hall–Kier alpha value is -2.33.